The normalized spacial score (nSPS) is 25.4. The zero-order valence-corrected chi connectivity index (χ0v) is 12.0. The number of amides is 1. The number of carbonyl (C=O) groups is 1. The largest absolute Gasteiger partial charge is 0.444 e. The Labute approximate surface area is 109 Å². The van der Waals surface area contributed by atoms with Crippen LogP contribution in [0.4, 0.5) is 4.79 Å². The van der Waals surface area contributed by atoms with E-state index in [9.17, 15) is 9.90 Å². The predicted molar refractivity (Wildman–Crippen MR) is 70.5 cm³/mol. The molecule has 0 saturated carbocycles. The van der Waals surface area contributed by atoms with Crippen LogP contribution in [0.15, 0.2) is 0 Å². The number of aliphatic hydroxyl groups is 1. The van der Waals surface area contributed by atoms with Crippen molar-refractivity contribution < 1.29 is 14.6 Å². The van der Waals surface area contributed by atoms with Crippen molar-refractivity contribution in [2.45, 2.75) is 51.2 Å². The Morgan fingerprint density at radius 2 is 2.06 bits per heavy atom. The van der Waals surface area contributed by atoms with Gasteiger partial charge in [0, 0.05) is 7.05 Å². The van der Waals surface area contributed by atoms with Crippen LogP contribution < -0.4 is 5.32 Å². The van der Waals surface area contributed by atoms with Crippen LogP contribution in [-0.2, 0) is 4.74 Å². The molecule has 1 rings (SSSR count). The molecule has 18 heavy (non-hydrogen) atoms. The van der Waals surface area contributed by atoms with Crippen LogP contribution in [0.25, 0.3) is 0 Å². The van der Waals surface area contributed by atoms with E-state index in [0.717, 1.165) is 19.5 Å². The van der Waals surface area contributed by atoms with Crippen molar-refractivity contribution in [3.63, 3.8) is 0 Å². The highest BCUT2D eigenvalue weighted by molar-refractivity contribution is 5.67. The Hall–Kier alpha value is -0.810. The first kappa shape index (κ1) is 15.2. The van der Waals surface area contributed by atoms with Crippen molar-refractivity contribution in [1.29, 1.82) is 0 Å². The third kappa shape index (κ3) is 5.23. The van der Waals surface area contributed by atoms with Gasteiger partial charge < -0.3 is 20.1 Å². The lowest BCUT2D eigenvalue weighted by Gasteiger charge is -2.32. The van der Waals surface area contributed by atoms with Crippen LogP contribution in [0.3, 0.4) is 0 Å². The summed E-state index contributed by atoms with van der Waals surface area (Å²) in [6, 6.07) is 0. The fourth-order valence-corrected chi connectivity index (χ4v) is 2.12. The van der Waals surface area contributed by atoms with Gasteiger partial charge in [0.25, 0.3) is 0 Å². The number of rotatable bonds is 2. The second kappa shape index (κ2) is 5.89. The van der Waals surface area contributed by atoms with E-state index in [2.05, 4.69) is 5.32 Å². The van der Waals surface area contributed by atoms with Crippen LogP contribution in [0.5, 0.6) is 0 Å². The third-order valence-electron chi connectivity index (χ3n) is 3.00. The second-order valence-corrected chi connectivity index (χ2v) is 6.16. The van der Waals surface area contributed by atoms with Gasteiger partial charge in [-0.1, -0.05) is 0 Å². The maximum Gasteiger partial charge on any atom is 0.410 e. The minimum atomic E-state index is -0.796. The zero-order valence-electron chi connectivity index (χ0n) is 12.0. The van der Waals surface area contributed by atoms with E-state index >= 15 is 0 Å². The summed E-state index contributed by atoms with van der Waals surface area (Å²) < 4.78 is 5.28. The van der Waals surface area contributed by atoms with E-state index in [1.165, 1.54) is 4.90 Å². The third-order valence-corrected chi connectivity index (χ3v) is 3.00. The van der Waals surface area contributed by atoms with Crippen LogP contribution in [-0.4, -0.2) is 54.0 Å². The van der Waals surface area contributed by atoms with Crippen molar-refractivity contribution >= 4 is 6.09 Å². The Morgan fingerprint density at radius 1 is 1.39 bits per heavy atom. The molecule has 1 saturated heterocycles. The molecule has 0 aliphatic carbocycles. The van der Waals surface area contributed by atoms with Crippen molar-refractivity contribution in [3.05, 3.63) is 0 Å². The average molecular weight is 258 g/mol. The van der Waals surface area contributed by atoms with Crippen molar-refractivity contribution in [2.75, 3.05) is 26.7 Å². The molecule has 0 spiro atoms. The first-order chi connectivity index (χ1) is 8.22. The SMILES string of the molecule is CN(CC1(O)CCCNCC1)C(=O)OC(C)(C)C. The standard InChI is InChI=1S/C13H26N2O3/c1-12(2,3)18-11(16)15(4)10-13(17)6-5-8-14-9-7-13/h14,17H,5-10H2,1-4H3. The number of hydrogen-bond acceptors (Lipinski definition) is 4. The van der Waals surface area contributed by atoms with Gasteiger partial charge in [-0.05, 0) is 53.1 Å². The summed E-state index contributed by atoms with van der Waals surface area (Å²) in [6.45, 7) is 7.55. The molecular weight excluding hydrogens is 232 g/mol. The summed E-state index contributed by atoms with van der Waals surface area (Å²) in [5, 5.41) is 13.7. The molecule has 0 radical (unpaired) electrons. The molecule has 2 N–H and O–H groups in total. The van der Waals surface area contributed by atoms with Gasteiger partial charge >= 0.3 is 6.09 Å². The second-order valence-electron chi connectivity index (χ2n) is 6.16. The lowest BCUT2D eigenvalue weighted by atomic mass is 9.94. The molecule has 1 aliphatic rings. The van der Waals surface area contributed by atoms with Crippen LogP contribution >= 0.6 is 0 Å². The number of likely N-dealkylation sites (N-methyl/N-ethyl adjacent to an activating group) is 1. The predicted octanol–water partition coefficient (Wildman–Crippen LogP) is 1.36. The van der Waals surface area contributed by atoms with Crippen molar-refractivity contribution in [1.82, 2.24) is 10.2 Å². The Bertz CT molecular complexity index is 278. The van der Waals surface area contributed by atoms with Gasteiger partial charge in [0.05, 0.1) is 12.1 Å². The summed E-state index contributed by atoms with van der Waals surface area (Å²) in [5.41, 5.74) is -1.30. The molecule has 1 aliphatic heterocycles. The number of carbonyl (C=O) groups excluding carboxylic acids is 1. The van der Waals surface area contributed by atoms with E-state index in [1.54, 1.807) is 7.05 Å². The first-order valence-electron chi connectivity index (χ1n) is 6.59. The van der Waals surface area contributed by atoms with Gasteiger partial charge in [-0.25, -0.2) is 4.79 Å². The maximum absolute atomic E-state index is 11.8. The lowest BCUT2D eigenvalue weighted by Crippen LogP contribution is -2.45. The van der Waals surface area contributed by atoms with Gasteiger partial charge in [0.2, 0.25) is 0 Å². The highest BCUT2D eigenvalue weighted by Gasteiger charge is 2.32. The molecule has 5 heteroatoms. The van der Waals surface area contributed by atoms with Crippen LogP contribution in [0, 0.1) is 0 Å². The Kier molecular flexibility index (Phi) is 4.99. The number of nitrogens with zero attached hydrogens (tertiary/aromatic N) is 1. The smallest absolute Gasteiger partial charge is 0.410 e. The molecular formula is C13H26N2O3. The van der Waals surface area contributed by atoms with E-state index in [4.69, 9.17) is 4.74 Å². The molecule has 5 nitrogen and oxygen atoms in total. The summed E-state index contributed by atoms with van der Waals surface area (Å²) in [5.74, 6) is 0. The topological polar surface area (TPSA) is 61.8 Å². The fourth-order valence-electron chi connectivity index (χ4n) is 2.12. The van der Waals surface area contributed by atoms with E-state index in [1.807, 2.05) is 20.8 Å². The minimum Gasteiger partial charge on any atom is -0.444 e. The van der Waals surface area contributed by atoms with Gasteiger partial charge in [-0.2, -0.15) is 0 Å². The van der Waals surface area contributed by atoms with Gasteiger partial charge in [-0.3, -0.25) is 0 Å². The molecule has 1 heterocycles. The molecule has 0 aromatic heterocycles. The van der Waals surface area contributed by atoms with Crippen LogP contribution in [0.1, 0.15) is 40.0 Å². The molecule has 1 amide bonds. The fraction of sp³-hybridized carbons (Fsp3) is 0.923. The molecule has 1 unspecified atom stereocenters. The number of ether oxygens (including phenoxy) is 1. The van der Waals surface area contributed by atoms with E-state index in [-0.39, 0.29) is 6.09 Å². The molecule has 1 fully saturated rings. The quantitative estimate of drug-likeness (QED) is 0.785. The first-order valence-corrected chi connectivity index (χ1v) is 6.59. The van der Waals surface area contributed by atoms with Gasteiger partial charge in [-0.15, -0.1) is 0 Å². The zero-order chi connectivity index (χ0) is 13.8. The monoisotopic (exact) mass is 258 g/mol. The molecule has 0 aromatic rings. The molecule has 0 aromatic carbocycles. The summed E-state index contributed by atoms with van der Waals surface area (Å²) >= 11 is 0. The molecule has 0 bridgehead atoms. The van der Waals surface area contributed by atoms with Gasteiger partial charge in [0.15, 0.2) is 0 Å². The number of hydrogen-bond donors (Lipinski definition) is 2. The van der Waals surface area contributed by atoms with Crippen LogP contribution in [0.2, 0.25) is 0 Å². The maximum atomic E-state index is 11.8. The number of nitrogens with one attached hydrogen (secondary N) is 1. The highest BCUT2D eigenvalue weighted by Crippen LogP contribution is 2.21. The summed E-state index contributed by atoms with van der Waals surface area (Å²) in [6.07, 6.45) is 1.93. The van der Waals surface area contributed by atoms with Gasteiger partial charge in [0.1, 0.15) is 5.60 Å². The van der Waals surface area contributed by atoms with Crippen molar-refractivity contribution in [3.8, 4) is 0 Å². The molecule has 1 atom stereocenters. The highest BCUT2D eigenvalue weighted by atomic mass is 16.6. The lowest BCUT2D eigenvalue weighted by molar-refractivity contribution is -0.0178. The summed E-state index contributed by atoms with van der Waals surface area (Å²) in [4.78, 5) is 13.3. The molecule has 106 valence electrons. The summed E-state index contributed by atoms with van der Waals surface area (Å²) in [7, 11) is 1.67. The van der Waals surface area contributed by atoms with Crippen molar-refractivity contribution in [2.24, 2.45) is 0 Å². The van der Waals surface area contributed by atoms with E-state index < -0.39 is 11.2 Å². The minimum absolute atomic E-state index is 0.323. The Morgan fingerprint density at radius 3 is 2.67 bits per heavy atom. The van der Waals surface area contributed by atoms with E-state index in [0.29, 0.717) is 19.4 Å². The average Bonchev–Trinajstić information content (AvgIpc) is 2.40. The Balaban J connectivity index is 2.51.